The molecule has 5 heteroatoms. The van der Waals surface area contributed by atoms with Gasteiger partial charge in [-0.2, -0.15) is 5.26 Å². The van der Waals surface area contributed by atoms with Gasteiger partial charge in [-0.1, -0.05) is 25.4 Å². The highest BCUT2D eigenvalue weighted by atomic mass is 35.5. The fourth-order valence-electron chi connectivity index (χ4n) is 2.32. The molecule has 100 valence electrons. The largest absolute Gasteiger partial charge is 0.475 e. The number of hydrogen-bond acceptors (Lipinski definition) is 3. The van der Waals surface area contributed by atoms with E-state index in [0.717, 1.165) is 0 Å². The lowest BCUT2D eigenvalue weighted by molar-refractivity contribution is -0.136. The number of carbonyl (C=O) groups excluding carboxylic acids is 1. The lowest BCUT2D eigenvalue weighted by Crippen LogP contribution is -2.55. The van der Waals surface area contributed by atoms with Gasteiger partial charge in [0.2, 0.25) is 0 Å². The van der Waals surface area contributed by atoms with Crippen molar-refractivity contribution in [2.75, 3.05) is 11.4 Å². The van der Waals surface area contributed by atoms with Crippen LogP contribution in [0.25, 0.3) is 0 Å². The Morgan fingerprint density at radius 1 is 1.42 bits per heavy atom. The molecule has 0 saturated heterocycles. The van der Waals surface area contributed by atoms with Crippen LogP contribution < -0.4 is 9.64 Å². The van der Waals surface area contributed by atoms with Crippen molar-refractivity contribution < 1.29 is 9.53 Å². The van der Waals surface area contributed by atoms with Crippen molar-refractivity contribution >= 4 is 23.2 Å². The minimum absolute atomic E-state index is 0.00269. The van der Waals surface area contributed by atoms with Crippen molar-refractivity contribution in [1.82, 2.24) is 0 Å². The molecule has 0 spiro atoms. The number of nitriles is 1. The zero-order chi connectivity index (χ0) is 14.0. The number of ether oxygens (including phenoxy) is 1. The molecule has 0 fully saturated rings. The van der Waals surface area contributed by atoms with Crippen LogP contribution in [0.5, 0.6) is 5.75 Å². The Labute approximate surface area is 117 Å². The number of anilines is 1. The van der Waals surface area contributed by atoms with Gasteiger partial charge < -0.3 is 4.74 Å². The van der Waals surface area contributed by atoms with E-state index in [0.29, 0.717) is 29.3 Å². The lowest BCUT2D eigenvalue weighted by atomic mass is 9.93. The highest BCUT2D eigenvalue weighted by molar-refractivity contribution is 6.31. The maximum Gasteiger partial charge on any atom is 0.272 e. The van der Waals surface area contributed by atoms with Crippen LogP contribution in [0.1, 0.15) is 26.7 Å². The summed E-state index contributed by atoms with van der Waals surface area (Å²) in [5.74, 6) is 0.428. The first kappa shape index (κ1) is 13.7. The van der Waals surface area contributed by atoms with Gasteiger partial charge in [-0.05, 0) is 31.0 Å². The van der Waals surface area contributed by atoms with Gasteiger partial charge in [0.1, 0.15) is 12.3 Å². The van der Waals surface area contributed by atoms with E-state index in [9.17, 15) is 4.79 Å². The molecule has 0 N–H and O–H groups in total. The van der Waals surface area contributed by atoms with Gasteiger partial charge in [0, 0.05) is 5.02 Å². The summed E-state index contributed by atoms with van der Waals surface area (Å²) in [4.78, 5) is 14.0. The van der Waals surface area contributed by atoms with Crippen LogP contribution >= 0.6 is 11.6 Å². The van der Waals surface area contributed by atoms with Crippen LogP contribution in [0.15, 0.2) is 18.2 Å². The van der Waals surface area contributed by atoms with E-state index in [2.05, 4.69) is 0 Å². The average Bonchev–Trinajstić information content (AvgIpc) is 2.42. The summed E-state index contributed by atoms with van der Waals surface area (Å²) in [6.45, 7) is 3.82. The molecule has 0 unspecified atom stereocenters. The molecule has 1 heterocycles. The molecule has 19 heavy (non-hydrogen) atoms. The summed E-state index contributed by atoms with van der Waals surface area (Å²) < 4.78 is 5.90. The average molecular weight is 279 g/mol. The molecule has 0 radical (unpaired) electrons. The Morgan fingerprint density at radius 3 is 2.68 bits per heavy atom. The van der Waals surface area contributed by atoms with Crippen LogP contribution in [-0.4, -0.2) is 18.1 Å². The van der Waals surface area contributed by atoms with Crippen LogP contribution in [0, 0.1) is 11.3 Å². The van der Waals surface area contributed by atoms with E-state index in [1.807, 2.05) is 19.9 Å². The van der Waals surface area contributed by atoms with Crippen LogP contribution in [0.2, 0.25) is 5.02 Å². The van der Waals surface area contributed by atoms with E-state index in [4.69, 9.17) is 21.6 Å². The Morgan fingerprint density at radius 2 is 2.11 bits per heavy atom. The Hall–Kier alpha value is -1.73. The van der Waals surface area contributed by atoms with E-state index < -0.39 is 5.60 Å². The summed E-state index contributed by atoms with van der Waals surface area (Å²) in [6, 6.07) is 7.14. The second-order valence-electron chi connectivity index (χ2n) is 4.46. The number of halogens is 1. The van der Waals surface area contributed by atoms with E-state index in [-0.39, 0.29) is 12.5 Å². The third kappa shape index (κ3) is 2.15. The van der Waals surface area contributed by atoms with E-state index >= 15 is 0 Å². The van der Waals surface area contributed by atoms with Crippen LogP contribution in [0.3, 0.4) is 0 Å². The Bertz CT molecular complexity index is 547. The second-order valence-corrected chi connectivity index (χ2v) is 4.90. The number of rotatable bonds is 3. The third-order valence-corrected chi connectivity index (χ3v) is 3.76. The summed E-state index contributed by atoms with van der Waals surface area (Å²) in [5.41, 5.74) is -0.311. The second kappa shape index (κ2) is 5.10. The number of amides is 1. The van der Waals surface area contributed by atoms with Crippen molar-refractivity contribution in [3.05, 3.63) is 23.2 Å². The first-order valence-corrected chi connectivity index (χ1v) is 6.63. The molecular formula is C14H15ClN2O2. The predicted octanol–water partition coefficient (Wildman–Crippen LogP) is 3.15. The van der Waals surface area contributed by atoms with Crippen molar-refractivity contribution in [3.8, 4) is 11.8 Å². The number of fused-ring (bicyclic) bond motifs is 1. The topological polar surface area (TPSA) is 53.3 Å². The number of carbonyl (C=O) groups is 1. The van der Waals surface area contributed by atoms with Crippen molar-refractivity contribution in [2.45, 2.75) is 32.3 Å². The van der Waals surface area contributed by atoms with Gasteiger partial charge in [0.05, 0.1) is 11.8 Å². The molecule has 1 aromatic carbocycles. The molecule has 0 saturated carbocycles. The molecule has 0 aromatic heterocycles. The third-order valence-electron chi connectivity index (χ3n) is 3.52. The highest BCUT2D eigenvalue weighted by Crippen LogP contribution is 2.41. The summed E-state index contributed by atoms with van der Waals surface area (Å²) in [7, 11) is 0. The first-order chi connectivity index (χ1) is 9.07. The maximum absolute atomic E-state index is 12.6. The quantitative estimate of drug-likeness (QED) is 0.798. The van der Waals surface area contributed by atoms with Gasteiger partial charge in [-0.25, -0.2) is 0 Å². The highest BCUT2D eigenvalue weighted by Gasteiger charge is 2.45. The van der Waals surface area contributed by atoms with E-state index in [1.165, 1.54) is 4.90 Å². The number of nitrogens with zero attached hydrogens (tertiary/aromatic N) is 2. The molecule has 0 bridgehead atoms. The van der Waals surface area contributed by atoms with Gasteiger partial charge in [-0.15, -0.1) is 0 Å². The minimum Gasteiger partial charge on any atom is -0.475 e. The van der Waals surface area contributed by atoms with E-state index in [1.54, 1.807) is 18.2 Å². The van der Waals surface area contributed by atoms with Crippen molar-refractivity contribution in [3.63, 3.8) is 0 Å². The standard InChI is InChI=1S/C14H15ClN2O2/c1-3-14(4-2)13(18)17(8-7-16)11-9-10(15)5-6-12(11)19-14/h5-6,9H,3-4,8H2,1-2H3. The van der Waals surface area contributed by atoms with Crippen LogP contribution in [0.4, 0.5) is 5.69 Å². The fourth-order valence-corrected chi connectivity index (χ4v) is 2.49. The smallest absolute Gasteiger partial charge is 0.272 e. The summed E-state index contributed by atoms with van der Waals surface area (Å²) >= 11 is 5.95. The van der Waals surface area contributed by atoms with Crippen molar-refractivity contribution in [1.29, 1.82) is 5.26 Å². The van der Waals surface area contributed by atoms with Crippen molar-refractivity contribution in [2.24, 2.45) is 0 Å². The molecule has 0 aliphatic carbocycles. The van der Waals surface area contributed by atoms with Gasteiger partial charge >= 0.3 is 0 Å². The lowest BCUT2D eigenvalue weighted by Gasteiger charge is -2.41. The molecule has 0 atom stereocenters. The minimum atomic E-state index is -0.877. The first-order valence-electron chi connectivity index (χ1n) is 6.25. The molecule has 1 aliphatic heterocycles. The van der Waals surface area contributed by atoms with Gasteiger partial charge in [-0.3, -0.25) is 9.69 Å². The molecule has 1 amide bonds. The Balaban J connectivity index is 2.56. The zero-order valence-corrected chi connectivity index (χ0v) is 11.7. The molecule has 4 nitrogen and oxygen atoms in total. The fraction of sp³-hybridized carbons (Fsp3) is 0.429. The normalized spacial score (nSPS) is 16.5. The summed E-state index contributed by atoms with van der Waals surface area (Å²) in [5, 5.41) is 9.44. The van der Waals surface area contributed by atoms with Crippen LogP contribution in [-0.2, 0) is 4.79 Å². The summed E-state index contributed by atoms with van der Waals surface area (Å²) in [6.07, 6.45) is 1.12. The van der Waals surface area contributed by atoms with Gasteiger partial charge in [0.15, 0.2) is 5.60 Å². The zero-order valence-electron chi connectivity index (χ0n) is 10.9. The molecule has 1 aromatic rings. The molecule has 2 rings (SSSR count). The maximum atomic E-state index is 12.6. The Kier molecular flexibility index (Phi) is 3.68. The number of hydrogen-bond donors (Lipinski definition) is 0. The van der Waals surface area contributed by atoms with Gasteiger partial charge in [0.25, 0.3) is 5.91 Å². The number of benzene rings is 1. The molecular weight excluding hydrogens is 264 g/mol. The monoisotopic (exact) mass is 278 g/mol. The molecule has 1 aliphatic rings. The SMILES string of the molecule is CCC1(CC)Oc2ccc(Cl)cc2N(CC#N)C1=O. The predicted molar refractivity (Wildman–Crippen MR) is 73.4 cm³/mol.